The van der Waals surface area contributed by atoms with Crippen molar-refractivity contribution in [3.05, 3.63) is 30.1 Å². The highest BCUT2D eigenvalue weighted by atomic mass is 16.5. The average Bonchev–Trinajstić information content (AvgIpc) is 2.60. The van der Waals surface area contributed by atoms with Crippen LogP contribution in [0.4, 0.5) is 0 Å². The number of likely N-dealkylation sites (tertiary alicyclic amines) is 2. The van der Waals surface area contributed by atoms with Crippen molar-refractivity contribution in [2.75, 3.05) is 20.2 Å². The van der Waals surface area contributed by atoms with Gasteiger partial charge in [-0.05, 0) is 44.2 Å². The molecule has 0 spiro atoms. The first-order valence-electron chi connectivity index (χ1n) is 9.04. The minimum atomic E-state index is -0.315. The number of hydrogen-bond donors (Lipinski definition) is 0. The number of ether oxygens (including phenoxy) is 1. The lowest BCUT2D eigenvalue weighted by atomic mass is 9.79. The Morgan fingerprint density at radius 3 is 2.64 bits per heavy atom. The molecule has 25 heavy (non-hydrogen) atoms. The highest BCUT2D eigenvalue weighted by Crippen LogP contribution is 2.36. The van der Waals surface area contributed by atoms with Gasteiger partial charge in [-0.25, -0.2) is 0 Å². The number of methoxy groups -OCH3 is 1. The fraction of sp³-hybridized carbons (Fsp3) is 0.632. The number of rotatable bonds is 5. The van der Waals surface area contributed by atoms with Crippen molar-refractivity contribution in [2.24, 2.45) is 5.92 Å². The summed E-state index contributed by atoms with van der Waals surface area (Å²) in [5.41, 5.74) is 0.949. The van der Waals surface area contributed by atoms with E-state index >= 15 is 0 Å². The summed E-state index contributed by atoms with van der Waals surface area (Å²) in [4.78, 5) is 32.6. The van der Waals surface area contributed by atoms with Crippen molar-refractivity contribution >= 4 is 11.8 Å². The number of carbonyl (C=O) groups excluding carboxylic acids is 2. The van der Waals surface area contributed by atoms with Gasteiger partial charge >= 0.3 is 0 Å². The third kappa shape index (κ3) is 3.54. The van der Waals surface area contributed by atoms with Crippen LogP contribution >= 0.6 is 0 Å². The Kier molecular flexibility index (Phi) is 5.37. The highest BCUT2D eigenvalue weighted by Gasteiger charge is 2.52. The van der Waals surface area contributed by atoms with E-state index in [0.29, 0.717) is 12.3 Å². The van der Waals surface area contributed by atoms with E-state index in [9.17, 15) is 9.59 Å². The summed E-state index contributed by atoms with van der Waals surface area (Å²) in [7, 11) is 1.61. The van der Waals surface area contributed by atoms with Crippen LogP contribution in [0.2, 0.25) is 0 Å². The summed E-state index contributed by atoms with van der Waals surface area (Å²) >= 11 is 0. The summed E-state index contributed by atoms with van der Waals surface area (Å²) in [6.07, 6.45) is 5.38. The van der Waals surface area contributed by atoms with Crippen LogP contribution in [0.3, 0.4) is 0 Å². The van der Waals surface area contributed by atoms with Crippen LogP contribution in [-0.2, 0) is 20.7 Å². The van der Waals surface area contributed by atoms with Gasteiger partial charge in [0.15, 0.2) is 6.10 Å². The maximum Gasteiger partial charge on any atom is 0.254 e. The smallest absolute Gasteiger partial charge is 0.254 e. The van der Waals surface area contributed by atoms with Gasteiger partial charge in [0.2, 0.25) is 5.91 Å². The molecule has 2 fully saturated rings. The molecule has 2 aliphatic heterocycles. The van der Waals surface area contributed by atoms with Gasteiger partial charge in [-0.3, -0.25) is 14.6 Å². The molecule has 0 aromatic carbocycles. The molecule has 0 aliphatic carbocycles. The van der Waals surface area contributed by atoms with E-state index in [-0.39, 0.29) is 30.0 Å². The summed E-state index contributed by atoms with van der Waals surface area (Å²) < 4.78 is 5.42. The molecule has 2 aliphatic rings. The van der Waals surface area contributed by atoms with Crippen LogP contribution in [-0.4, -0.2) is 65.0 Å². The molecule has 0 bridgehead atoms. The third-order valence-corrected chi connectivity index (χ3v) is 5.39. The molecular formula is C19H27N3O3. The Morgan fingerprint density at radius 2 is 2.08 bits per heavy atom. The van der Waals surface area contributed by atoms with Gasteiger partial charge in [0.1, 0.15) is 0 Å². The molecule has 0 radical (unpaired) electrons. The lowest BCUT2D eigenvalue weighted by molar-refractivity contribution is -0.182. The number of aromatic nitrogens is 1. The zero-order valence-corrected chi connectivity index (χ0v) is 15.2. The first-order valence-corrected chi connectivity index (χ1v) is 9.04. The van der Waals surface area contributed by atoms with E-state index in [1.807, 2.05) is 35.8 Å². The molecule has 6 nitrogen and oxygen atoms in total. The summed E-state index contributed by atoms with van der Waals surface area (Å²) in [5.74, 6) is 0.644. The molecule has 0 unspecified atom stereocenters. The zero-order chi connectivity index (χ0) is 18.0. The highest BCUT2D eigenvalue weighted by molar-refractivity contribution is 5.88. The van der Waals surface area contributed by atoms with Gasteiger partial charge in [0.05, 0.1) is 12.5 Å². The Bertz CT molecular complexity index is 612. The molecule has 2 amide bonds. The van der Waals surface area contributed by atoms with Crippen molar-refractivity contribution in [2.45, 2.75) is 51.3 Å². The largest absolute Gasteiger partial charge is 0.369 e. The molecule has 3 heterocycles. The van der Waals surface area contributed by atoms with Crippen LogP contribution < -0.4 is 0 Å². The van der Waals surface area contributed by atoms with E-state index in [1.54, 1.807) is 19.5 Å². The molecule has 0 N–H and O–H groups in total. The normalized spacial score (nSPS) is 24.6. The van der Waals surface area contributed by atoms with Gasteiger partial charge in [-0.15, -0.1) is 0 Å². The molecule has 3 rings (SSSR count). The lowest BCUT2D eigenvalue weighted by Gasteiger charge is -2.53. The molecule has 1 aromatic rings. The standard InChI is InChI=1S/C19H27N3O3/c1-13(2)22-17(18(25-3)19(22)24)15-6-9-21(10-7-15)16(23)11-14-5-4-8-20-12-14/h4-5,8,12-13,15,17-18H,6-7,9-11H2,1-3H3/t17-,18+/m0/s1. The number of nitrogens with zero attached hydrogens (tertiary/aromatic N) is 3. The second-order valence-corrected chi connectivity index (χ2v) is 7.24. The average molecular weight is 345 g/mol. The summed E-state index contributed by atoms with van der Waals surface area (Å²) in [6.45, 7) is 5.58. The van der Waals surface area contributed by atoms with Crippen LogP contribution in [0.5, 0.6) is 0 Å². The minimum absolute atomic E-state index is 0.0950. The quantitative estimate of drug-likeness (QED) is 0.759. The van der Waals surface area contributed by atoms with Crippen LogP contribution in [0.1, 0.15) is 32.3 Å². The van der Waals surface area contributed by atoms with Crippen LogP contribution in [0.15, 0.2) is 24.5 Å². The van der Waals surface area contributed by atoms with Crippen molar-refractivity contribution in [1.82, 2.24) is 14.8 Å². The predicted octanol–water partition coefficient (Wildman–Crippen LogP) is 1.50. The maximum atomic E-state index is 12.5. The SMILES string of the molecule is CO[C@H]1C(=O)N(C(C)C)[C@H]1C1CCN(C(=O)Cc2cccnc2)CC1. The number of β-lactam (4-membered cyclic amide) rings is 1. The lowest BCUT2D eigenvalue weighted by Crippen LogP contribution is -2.70. The second-order valence-electron chi connectivity index (χ2n) is 7.24. The minimum Gasteiger partial charge on any atom is -0.369 e. The van der Waals surface area contributed by atoms with Crippen molar-refractivity contribution in [3.63, 3.8) is 0 Å². The van der Waals surface area contributed by atoms with Gasteiger partial charge in [-0.2, -0.15) is 0 Å². The number of hydrogen-bond acceptors (Lipinski definition) is 4. The van der Waals surface area contributed by atoms with Crippen molar-refractivity contribution in [3.8, 4) is 0 Å². The van der Waals surface area contributed by atoms with Gasteiger partial charge < -0.3 is 14.5 Å². The van der Waals surface area contributed by atoms with Crippen molar-refractivity contribution in [1.29, 1.82) is 0 Å². The van der Waals surface area contributed by atoms with E-state index in [1.165, 1.54) is 0 Å². The Labute approximate surface area is 149 Å². The molecule has 136 valence electrons. The monoisotopic (exact) mass is 345 g/mol. The van der Waals surface area contributed by atoms with E-state index in [0.717, 1.165) is 31.5 Å². The van der Waals surface area contributed by atoms with Gasteiger partial charge in [-0.1, -0.05) is 6.07 Å². The molecule has 2 atom stereocenters. The topological polar surface area (TPSA) is 62.7 Å². The van der Waals surface area contributed by atoms with Gasteiger partial charge in [0, 0.05) is 38.6 Å². The number of pyridine rings is 1. The first-order chi connectivity index (χ1) is 12.0. The van der Waals surface area contributed by atoms with Crippen LogP contribution in [0.25, 0.3) is 0 Å². The first kappa shape index (κ1) is 17.9. The molecule has 0 saturated carbocycles. The molecule has 2 saturated heterocycles. The Morgan fingerprint density at radius 1 is 1.36 bits per heavy atom. The van der Waals surface area contributed by atoms with Crippen LogP contribution in [0, 0.1) is 5.92 Å². The predicted molar refractivity (Wildman–Crippen MR) is 93.8 cm³/mol. The molecule has 1 aromatic heterocycles. The number of amides is 2. The number of carbonyl (C=O) groups is 2. The van der Waals surface area contributed by atoms with E-state index < -0.39 is 0 Å². The van der Waals surface area contributed by atoms with Crippen molar-refractivity contribution < 1.29 is 14.3 Å². The summed E-state index contributed by atoms with van der Waals surface area (Å²) in [5, 5.41) is 0. The second kappa shape index (κ2) is 7.52. The zero-order valence-electron chi connectivity index (χ0n) is 15.2. The fourth-order valence-corrected chi connectivity index (χ4v) is 4.10. The molecule has 6 heteroatoms. The number of piperidine rings is 1. The third-order valence-electron chi connectivity index (χ3n) is 5.39. The van der Waals surface area contributed by atoms with Gasteiger partial charge in [0.25, 0.3) is 5.91 Å². The fourth-order valence-electron chi connectivity index (χ4n) is 4.10. The molecular weight excluding hydrogens is 318 g/mol. The summed E-state index contributed by atoms with van der Waals surface area (Å²) in [6, 6.07) is 4.12. The van der Waals surface area contributed by atoms with E-state index in [2.05, 4.69) is 4.98 Å². The Hall–Kier alpha value is -1.95. The Balaban J connectivity index is 1.56. The maximum absolute atomic E-state index is 12.5. The van der Waals surface area contributed by atoms with E-state index in [4.69, 9.17) is 4.74 Å².